The fourth-order valence-corrected chi connectivity index (χ4v) is 3.79. The standard InChI is InChI=1S/C16H32N2O/c1-13(12-19-3)10-18-11-16(17-9-14(18)2)15-7-5-4-6-8-15/h13-17H,4-12H2,1-3H3. The van der Waals surface area contributed by atoms with Crippen molar-refractivity contribution in [2.45, 2.75) is 58.0 Å². The van der Waals surface area contributed by atoms with Crippen molar-refractivity contribution in [3.05, 3.63) is 0 Å². The third kappa shape index (κ3) is 4.44. The molecule has 2 rings (SSSR count). The molecule has 0 aromatic heterocycles. The second-order valence-corrected chi connectivity index (χ2v) is 6.78. The Morgan fingerprint density at radius 3 is 2.68 bits per heavy atom. The van der Waals surface area contributed by atoms with E-state index in [4.69, 9.17) is 4.74 Å². The second-order valence-electron chi connectivity index (χ2n) is 6.78. The van der Waals surface area contributed by atoms with Crippen LogP contribution in [0.15, 0.2) is 0 Å². The molecule has 0 aromatic carbocycles. The van der Waals surface area contributed by atoms with Crippen LogP contribution in [0.5, 0.6) is 0 Å². The Morgan fingerprint density at radius 2 is 2.00 bits per heavy atom. The first-order valence-electron chi connectivity index (χ1n) is 8.17. The molecule has 112 valence electrons. The van der Waals surface area contributed by atoms with E-state index >= 15 is 0 Å². The van der Waals surface area contributed by atoms with Gasteiger partial charge in [-0.05, 0) is 31.6 Å². The summed E-state index contributed by atoms with van der Waals surface area (Å²) >= 11 is 0. The molecular weight excluding hydrogens is 236 g/mol. The van der Waals surface area contributed by atoms with Crippen LogP contribution in [0.2, 0.25) is 0 Å². The van der Waals surface area contributed by atoms with Crippen molar-refractivity contribution >= 4 is 0 Å². The van der Waals surface area contributed by atoms with E-state index in [0.717, 1.165) is 25.1 Å². The van der Waals surface area contributed by atoms with Gasteiger partial charge < -0.3 is 10.1 Å². The summed E-state index contributed by atoms with van der Waals surface area (Å²) in [6.45, 7) is 9.10. The van der Waals surface area contributed by atoms with Crippen molar-refractivity contribution in [1.82, 2.24) is 10.2 Å². The molecule has 3 unspecified atom stereocenters. The average molecular weight is 268 g/mol. The molecule has 1 aliphatic carbocycles. The lowest BCUT2D eigenvalue weighted by Crippen LogP contribution is -2.58. The molecule has 1 N–H and O–H groups in total. The van der Waals surface area contributed by atoms with Crippen molar-refractivity contribution in [2.75, 3.05) is 33.4 Å². The summed E-state index contributed by atoms with van der Waals surface area (Å²) in [5, 5.41) is 3.80. The molecule has 3 heteroatoms. The number of hydrogen-bond donors (Lipinski definition) is 1. The molecule has 3 nitrogen and oxygen atoms in total. The molecule has 0 bridgehead atoms. The molecule has 0 radical (unpaired) electrons. The van der Waals surface area contributed by atoms with Gasteiger partial charge in [-0.3, -0.25) is 4.90 Å². The molecule has 2 fully saturated rings. The number of hydrogen-bond acceptors (Lipinski definition) is 3. The maximum absolute atomic E-state index is 5.28. The Hall–Kier alpha value is -0.120. The fourth-order valence-electron chi connectivity index (χ4n) is 3.79. The summed E-state index contributed by atoms with van der Waals surface area (Å²) < 4.78 is 5.28. The van der Waals surface area contributed by atoms with Crippen LogP contribution >= 0.6 is 0 Å². The van der Waals surface area contributed by atoms with Gasteiger partial charge in [0, 0.05) is 45.4 Å². The average Bonchev–Trinajstić information content (AvgIpc) is 2.42. The molecule has 1 aliphatic heterocycles. The van der Waals surface area contributed by atoms with Crippen molar-refractivity contribution in [1.29, 1.82) is 0 Å². The minimum Gasteiger partial charge on any atom is -0.384 e. The van der Waals surface area contributed by atoms with E-state index in [1.54, 1.807) is 0 Å². The highest BCUT2D eigenvalue weighted by molar-refractivity contribution is 4.89. The van der Waals surface area contributed by atoms with Gasteiger partial charge in [0.05, 0.1) is 0 Å². The molecule has 2 aliphatic rings. The zero-order valence-electron chi connectivity index (χ0n) is 13.0. The van der Waals surface area contributed by atoms with Crippen molar-refractivity contribution in [3.63, 3.8) is 0 Å². The second kappa shape index (κ2) is 7.61. The summed E-state index contributed by atoms with van der Waals surface area (Å²) in [6.07, 6.45) is 7.21. The predicted octanol–water partition coefficient (Wildman–Crippen LogP) is 2.51. The van der Waals surface area contributed by atoms with Crippen LogP contribution in [0, 0.1) is 11.8 Å². The number of nitrogens with one attached hydrogen (secondary N) is 1. The van der Waals surface area contributed by atoms with Gasteiger partial charge in [0.2, 0.25) is 0 Å². The van der Waals surface area contributed by atoms with Crippen molar-refractivity contribution < 1.29 is 4.74 Å². The summed E-state index contributed by atoms with van der Waals surface area (Å²) in [5.41, 5.74) is 0. The highest BCUT2D eigenvalue weighted by Gasteiger charge is 2.31. The number of rotatable bonds is 5. The van der Waals surface area contributed by atoms with E-state index in [-0.39, 0.29) is 0 Å². The van der Waals surface area contributed by atoms with Gasteiger partial charge in [0.15, 0.2) is 0 Å². The minimum atomic E-state index is 0.637. The molecular formula is C16H32N2O. The third-order valence-electron chi connectivity index (χ3n) is 4.95. The van der Waals surface area contributed by atoms with Crippen molar-refractivity contribution in [2.24, 2.45) is 11.8 Å². The minimum absolute atomic E-state index is 0.637. The van der Waals surface area contributed by atoms with Crippen LogP contribution in [-0.2, 0) is 4.74 Å². The number of nitrogens with zero attached hydrogens (tertiary/aromatic N) is 1. The van der Waals surface area contributed by atoms with E-state index in [0.29, 0.717) is 12.0 Å². The van der Waals surface area contributed by atoms with Gasteiger partial charge in [0.1, 0.15) is 0 Å². The predicted molar refractivity (Wildman–Crippen MR) is 80.4 cm³/mol. The monoisotopic (exact) mass is 268 g/mol. The van der Waals surface area contributed by atoms with Crippen LogP contribution < -0.4 is 5.32 Å². The quantitative estimate of drug-likeness (QED) is 0.829. The number of ether oxygens (including phenoxy) is 1. The van der Waals surface area contributed by atoms with Gasteiger partial charge in [-0.25, -0.2) is 0 Å². The zero-order valence-corrected chi connectivity index (χ0v) is 13.0. The van der Waals surface area contributed by atoms with Crippen LogP contribution in [0.25, 0.3) is 0 Å². The lowest BCUT2D eigenvalue weighted by molar-refractivity contribution is 0.0697. The van der Waals surface area contributed by atoms with Gasteiger partial charge in [0.25, 0.3) is 0 Å². The zero-order chi connectivity index (χ0) is 13.7. The van der Waals surface area contributed by atoms with E-state index in [9.17, 15) is 0 Å². The fraction of sp³-hybridized carbons (Fsp3) is 1.00. The lowest BCUT2D eigenvalue weighted by Gasteiger charge is -2.43. The van der Waals surface area contributed by atoms with E-state index < -0.39 is 0 Å². The molecule has 0 aromatic rings. The van der Waals surface area contributed by atoms with Crippen LogP contribution in [0.3, 0.4) is 0 Å². The first-order chi connectivity index (χ1) is 9.20. The van der Waals surface area contributed by atoms with Crippen LogP contribution in [-0.4, -0.2) is 50.3 Å². The highest BCUT2D eigenvalue weighted by atomic mass is 16.5. The highest BCUT2D eigenvalue weighted by Crippen LogP contribution is 2.28. The Morgan fingerprint density at radius 1 is 1.26 bits per heavy atom. The summed E-state index contributed by atoms with van der Waals surface area (Å²) in [4.78, 5) is 2.68. The van der Waals surface area contributed by atoms with E-state index in [1.165, 1.54) is 45.2 Å². The largest absolute Gasteiger partial charge is 0.384 e. The molecule has 1 saturated carbocycles. The Balaban J connectivity index is 1.84. The number of piperazine rings is 1. The van der Waals surface area contributed by atoms with Gasteiger partial charge in [-0.1, -0.05) is 26.2 Å². The Kier molecular flexibility index (Phi) is 6.11. The first-order valence-corrected chi connectivity index (χ1v) is 8.17. The molecule has 0 spiro atoms. The topological polar surface area (TPSA) is 24.5 Å². The molecule has 1 saturated heterocycles. The summed E-state index contributed by atoms with van der Waals surface area (Å²) in [7, 11) is 1.81. The molecule has 19 heavy (non-hydrogen) atoms. The maximum atomic E-state index is 5.28. The van der Waals surface area contributed by atoms with Gasteiger partial charge in [-0.2, -0.15) is 0 Å². The Labute approximate surface area is 119 Å². The van der Waals surface area contributed by atoms with Crippen molar-refractivity contribution in [3.8, 4) is 0 Å². The SMILES string of the molecule is COCC(C)CN1CC(C2CCCCC2)NCC1C. The van der Waals surface area contributed by atoms with Crippen LogP contribution in [0.1, 0.15) is 46.0 Å². The lowest BCUT2D eigenvalue weighted by atomic mass is 9.82. The first kappa shape index (κ1) is 15.3. The molecule has 3 atom stereocenters. The van der Waals surface area contributed by atoms with Gasteiger partial charge >= 0.3 is 0 Å². The molecule has 0 amide bonds. The normalized spacial score (nSPS) is 32.4. The third-order valence-corrected chi connectivity index (χ3v) is 4.95. The Bertz CT molecular complexity index is 253. The maximum Gasteiger partial charge on any atom is 0.0500 e. The van der Waals surface area contributed by atoms with E-state index in [1.807, 2.05) is 7.11 Å². The van der Waals surface area contributed by atoms with Gasteiger partial charge in [-0.15, -0.1) is 0 Å². The van der Waals surface area contributed by atoms with Crippen LogP contribution in [0.4, 0.5) is 0 Å². The molecule has 1 heterocycles. The smallest absolute Gasteiger partial charge is 0.0500 e. The number of methoxy groups -OCH3 is 1. The summed E-state index contributed by atoms with van der Waals surface area (Å²) in [5.74, 6) is 1.55. The van der Waals surface area contributed by atoms with E-state index in [2.05, 4.69) is 24.1 Å². The summed E-state index contributed by atoms with van der Waals surface area (Å²) in [6, 6.07) is 1.39.